The topological polar surface area (TPSA) is 29.5 Å². The molecule has 2 atom stereocenters. The largest absolute Gasteiger partial charge is 0.275 e. The maximum atomic E-state index is 11.6. The molecule has 0 aliphatic heterocycles. The molecular formula is C21H41NO2. The van der Waals surface area contributed by atoms with Gasteiger partial charge in [0.1, 0.15) is 0 Å². The normalized spacial score (nSPS) is 19.5. The standard InChI is InChI=1S/C21H41NO2/c1-4-5-6-7-9-12-15-19-18-20(19)16-13-10-8-11-14-17-21(23)22(2)24-3/h19-20H,4-18H2,1-3H3/t19-,20+/m1/s1. The van der Waals surface area contributed by atoms with Gasteiger partial charge in [-0.15, -0.1) is 0 Å². The molecule has 0 aromatic heterocycles. The van der Waals surface area contributed by atoms with Gasteiger partial charge >= 0.3 is 0 Å². The van der Waals surface area contributed by atoms with Crippen LogP contribution in [0.1, 0.15) is 103 Å². The first kappa shape index (κ1) is 21.5. The van der Waals surface area contributed by atoms with Crippen LogP contribution in [-0.4, -0.2) is 25.1 Å². The molecule has 142 valence electrons. The zero-order chi connectivity index (χ0) is 17.6. The van der Waals surface area contributed by atoms with Crippen molar-refractivity contribution < 1.29 is 9.63 Å². The molecule has 1 fully saturated rings. The summed E-state index contributed by atoms with van der Waals surface area (Å²) in [5, 5.41) is 1.33. The predicted octanol–water partition coefficient (Wildman–Crippen LogP) is 6.12. The number of nitrogens with zero attached hydrogens (tertiary/aromatic N) is 1. The molecular weight excluding hydrogens is 298 g/mol. The minimum absolute atomic E-state index is 0.0908. The first-order chi connectivity index (χ1) is 11.7. The van der Waals surface area contributed by atoms with Gasteiger partial charge in [0.25, 0.3) is 0 Å². The van der Waals surface area contributed by atoms with Crippen molar-refractivity contribution in [3.05, 3.63) is 0 Å². The Balaban J connectivity index is 1.81. The highest BCUT2D eigenvalue weighted by Crippen LogP contribution is 2.45. The Morgan fingerprint density at radius 1 is 0.875 bits per heavy atom. The lowest BCUT2D eigenvalue weighted by Gasteiger charge is -2.12. The van der Waals surface area contributed by atoms with Crippen LogP contribution in [0.2, 0.25) is 0 Å². The van der Waals surface area contributed by atoms with Gasteiger partial charge < -0.3 is 0 Å². The van der Waals surface area contributed by atoms with Crippen molar-refractivity contribution in [1.29, 1.82) is 0 Å². The Bertz CT molecular complexity index is 319. The summed E-state index contributed by atoms with van der Waals surface area (Å²) >= 11 is 0. The van der Waals surface area contributed by atoms with Crippen LogP contribution < -0.4 is 0 Å². The van der Waals surface area contributed by atoms with Crippen molar-refractivity contribution in [1.82, 2.24) is 5.06 Å². The number of carbonyl (C=O) groups is 1. The van der Waals surface area contributed by atoms with Crippen molar-refractivity contribution in [2.45, 2.75) is 103 Å². The number of hydrogen-bond acceptors (Lipinski definition) is 2. The second-order valence-electron chi connectivity index (χ2n) is 7.69. The van der Waals surface area contributed by atoms with Crippen LogP contribution in [0.3, 0.4) is 0 Å². The van der Waals surface area contributed by atoms with Crippen molar-refractivity contribution in [3.8, 4) is 0 Å². The van der Waals surface area contributed by atoms with E-state index in [0.29, 0.717) is 6.42 Å². The highest BCUT2D eigenvalue weighted by molar-refractivity contribution is 5.74. The average Bonchev–Trinajstić information content (AvgIpc) is 3.34. The number of hydroxylamine groups is 2. The molecule has 0 aromatic carbocycles. The molecule has 3 heteroatoms. The average molecular weight is 340 g/mol. The summed E-state index contributed by atoms with van der Waals surface area (Å²) in [7, 11) is 3.22. The van der Waals surface area contributed by atoms with Crippen molar-refractivity contribution in [2.24, 2.45) is 11.8 Å². The molecule has 0 saturated heterocycles. The zero-order valence-corrected chi connectivity index (χ0v) is 16.5. The van der Waals surface area contributed by atoms with Gasteiger partial charge in [0.05, 0.1) is 7.11 Å². The molecule has 0 radical (unpaired) electrons. The lowest BCUT2D eigenvalue weighted by atomic mass is 10.0. The Kier molecular flexibility index (Phi) is 12.2. The van der Waals surface area contributed by atoms with Gasteiger partial charge in [-0.25, -0.2) is 5.06 Å². The van der Waals surface area contributed by atoms with E-state index in [0.717, 1.165) is 18.3 Å². The lowest BCUT2D eigenvalue weighted by Crippen LogP contribution is -2.24. The van der Waals surface area contributed by atoms with Gasteiger partial charge in [-0.1, -0.05) is 84.0 Å². The zero-order valence-electron chi connectivity index (χ0n) is 16.5. The third-order valence-electron chi connectivity index (χ3n) is 5.59. The number of unbranched alkanes of at least 4 members (excludes halogenated alkanes) is 9. The van der Waals surface area contributed by atoms with Crippen molar-refractivity contribution >= 4 is 5.91 Å². The van der Waals surface area contributed by atoms with Gasteiger partial charge in [0.15, 0.2) is 0 Å². The first-order valence-corrected chi connectivity index (χ1v) is 10.5. The maximum absolute atomic E-state index is 11.6. The number of hydrogen-bond donors (Lipinski definition) is 0. The van der Waals surface area contributed by atoms with E-state index >= 15 is 0 Å². The highest BCUT2D eigenvalue weighted by Gasteiger charge is 2.34. The van der Waals surface area contributed by atoms with E-state index < -0.39 is 0 Å². The monoisotopic (exact) mass is 339 g/mol. The minimum atomic E-state index is 0.0908. The van der Waals surface area contributed by atoms with Crippen LogP contribution >= 0.6 is 0 Å². The summed E-state index contributed by atoms with van der Waals surface area (Å²) in [5.74, 6) is 2.21. The van der Waals surface area contributed by atoms with E-state index in [2.05, 4.69) is 6.92 Å². The van der Waals surface area contributed by atoms with Crippen LogP contribution in [-0.2, 0) is 9.63 Å². The Morgan fingerprint density at radius 3 is 1.92 bits per heavy atom. The summed E-state index contributed by atoms with van der Waals surface area (Å²) in [6, 6.07) is 0. The second kappa shape index (κ2) is 13.7. The summed E-state index contributed by atoms with van der Waals surface area (Å²) in [4.78, 5) is 16.4. The molecule has 1 rings (SSSR count). The molecule has 0 heterocycles. The summed E-state index contributed by atoms with van der Waals surface area (Å²) in [6.45, 7) is 2.29. The molecule has 1 amide bonds. The predicted molar refractivity (Wildman–Crippen MR) is 102 cm³/mol. The first-order valence-electron chi connectivity index (χ1n) is 10.5. The molecule has 0 unspecified atom stereocenters. The Labute approximate surface area is 150 Å². The molecule has 0 bridgehead atoms. The van der Waals surface area contributed by atoms with Crippen LogP contribution in [0.25, 0.3) is 0 Å². The third-order valence-corrected chi connectivity index (χ3v) is 5.59. The van der Waals surface area contributed by atoms with Gasteiger partial charge in [-0.3, -0.25) is 9.63 Å². The number of carbonyl (C=O) groups excluding carboxylic acids is 1. The quantitative estimate of drug-likeness (QED) is 0.250. The fourth-order valence-electron chi connectivity index (χ4n) is 3.68. The minimum Gasteiger partial charge on any atom is -0.275 e. The molecule has 1 saturated carbocycles. The van der Waals surface area contributed by atoms with E-state index in [4.69, 9.17) is 4.84 Å². The van der Waals surface area contributed by atoms with E-state index in [1.807, 2.05) is 0 Å². The van der Waals surface area contributed by atoms with Crippen LogP contribution in [0, 0.1) is 11.8 Å². The van der Waals surface area contributed by atoms with E-state index in [1.165, 1.54) is 95.6 Å². The lowest BCUT2D eigenvalue weighted by molar-refractivity contribution is -0.168. The summed E-state index contributed by atoms with van der Waals surface area (Å²) < 4.78 is 0. The molecule has 3 nitrogen and oxygen atoms in total. The van der Waals surface area contributed by atoms with Crippen LogP contribution in [0.4, 0.5) is 0 Å². The summed E-state index contributed by atoms with van der Waals surface area (Å²) in [6.07, 6.45) is 19.8. The van der Waals surface area contributed by atoms with Crippen LogP contribution in [0.5, 0.6) is 0 Å². The number of rotatable bonds is 16. The molecule has 1 aliphatic carbocycles. The van der Waals surface area contributed by atoms with Crippen molar-refractivity contribution in [2.75, 3.05) is 14.2 Å². The van der Waals surface area contributed by atoms with Gasteiger partial charge in [-0.05, 0) is 24.7 Å². The second-order valence-corrected chi connectivity index (χ2v) is 7.69. The third kappa shape index (κ3) is 10.3. The smallest absolute Gasteiger partial charge is 0.245 e. The van der Waals surface area contributed by atoms with Gasteiger partial charge in [-0.2, -0.15) is 0 Å². The Morgan fingerprint density at radius 2 is 1.38 bits per heavy atom. The van der Waals surface area contributed by atoms with Crippen molar-refractivity contribution in [3.63, 3.8) is 0 Å². The van der Waals surface area contributed by atoms with E-state index in [1.54, 1.807) is 7.05 Å². The van der Waals surface area contributed by atoms with Gasteiger partial charge in [0.2, 0.25) is 5.91 Å². The molecule has 0 aromatic rings. The molecule has 0 N–H and O–H groups in total. The number of amides is 1. The summed E-state index contributed by atoms with van der Waals surface area (Å²) in [5.41, 5.74) is 0. The van der Waals surface area contributed by atoms with E-state index in [9.17, 15) is 4.79 Å². The SMILES string of the molecule is CCCCCCCC[C@@H]1C[C@@H]1CCCCCCCC(=O)N(C)OC. The van der Waals surface area contributed by atoms with E-state index in [-0.39, 0.29) is 5.91 Å². The maximum Gasteiger partial charge on any atom is 0.245 e. The fraction of sp³-hybridized carbons (Fsp3) is 0.952. The molecule has 24 heavy (non-hydrogen) atoms. The highest BCUT2D eigenvalue weighted by atomic mass is 16.7. The molecule has 0 spiro atoms. The molecule has 1 aliphatic rings. The van der Waals surface area contributed by atoms with Gasteiger partial charge in [0, 0.05) is 13.5 Å². The fourth-order valence-corrected chi connectivity index (χ4v) is 3.68. The Hall–Kier alpha value is -0.570. The van der Waals surface area contributed by atoms with Crippen LogP contribution in [0.15, 0.2) is 0 Å².